The highest BCUT2D eigenvalue weighted by molar-refractivity contribution is 5.96. The fourth-order valence-corrected chi connectivity index (χ4v) is 1.57. The third-order valence-corrected chi connectivity index (χ3v) is 2.51. The van der Waals surface area contributed by atoms with E-state index < -0.39 is 4.92 Å². The van der Waals surface area contributed by atoms with E-state index in [9.17, 15) is 14.9 Å². The number of benzene rings is 1. The van der Waals surface area contributed by atoms with Gasteiger partial charge in [0.1, 0.15) is 12.3 Å². The second-order valence-electron chi connectivity index (χ2n) is 3.78. The number of carbonyl (C=O) groups is 1. The monoisotopic (exact) mass is 261 g/mol. The Kier molecular flexibility index (Phi) is 3.56. The molecule has 2 aromatic rings. The Labute approximate surface area is 108 Å². The molecular formula is C12H11N3O4. The van der Waals surface area contributed by atoms with Gasteiger partial charge < -0.3 is 14.9 Å². The zero-order valence-electron chi connectivity index (χ0n) is 10.1. The number of Topliss-reactive ketones (excluding diaryl/α,β-unsaturated/α-hetero) is 1. The first kappa shape index (κ1) is 12.7. The molecule has 0 radical (unpaired) electrons. The number of aromatic nitrogens is 2. The largest absolute Gasteiger partial charge is 0.497 e. The lowest BCUT2D eigenvalue weighted by Gasteiger charge is -2.02. The van der Waals surface area contributed by atoms with Gasteiger partial charge >= 0.3 is 5.82 Å². The number of rotatable bonds is 5. The van der Waals surface area contributed by atoms with E-state index in [-0.39, 0.29) is 18.1 Å². The van der Waals surface area contributed by atoms with Gasteiger partial charge in [0.25, 0.3) is 0 Å². The van der Waals surface area contributed by atoms with E-state index in [0.717, 1.165) is 0 Å². The van der Waals surface area contributed by atoms with Crippen molar-refractivity contribution in [1.82, 2.24) is 9.78 Å². The normalized spacial score (nSPS) is 10.2. The van der Waals surface area contributed by atoms with Crippen LogP contribution in [0.15, 0.2) is 36.5 Å². The maximum absolute atomic E-state index is 12.0. The van der Waals surface area contributed by atoms with Crippen LogP contribution in [0, 0.1) is 10.1 Å². The van der Waals surface area contributed by atoms with Gasteiger partial charge in [0, 0.05) is 5.56 Å². The van der Waals surface area contributed by atoms with Gasteiger partial charge in [0.05, 0.1) is 24.5 Å². The van der Waals surface area contributed by atoms with Crippen molar-refractivity contribution in [2.24, 2.45) is 0 Å². The van der Waals surface area contributed by atoms with Crippen molar-refractivity contribution in [2.75, 3.05) is 7.11 Å². The highest BCUT2D eigenvalue weighted by Crippen LogP contribution is 2.14. The van der Waals surface area contributed by atoms with E-state index in [1.54, 1.807) is 24.3 Å². The van der Waals surface area contributed by atoms with Gasteiger partial charge in [-0.05, 0) is 17.1 Å². The molecule has 1 heterocycles. The average molecular weight is 261 g/mol. The van der Waals surface area contributed by atoms with Crippen LogP contribution >= 0.6 is 0 Å². The summed E-state index contributed by atoms with van der Waals surface area (Å²) in [5.41, 5.74) is 0.470. The first-order valence-electron chi connectivity index (χ1n) is 5.45. The maximum Gasteiger partial charge on any atom is 0.389 e. The van der Waals surface area contributed by atoms with Gasteiger partial charge in [0.15, 0.2) is 5.78 Å². The number of carbonyl (C=O) groups excluding carboxylic acids is 1. The minimum absolute atomic E-state index is 0.0546. The molecule has 0 fully saturated rings. The van der Waals surface area contributed by atoms with Crippen molar-refractivity contribution in [1.29, 1.82) is 0 Å². The lowest BCUT2D eigenvalue weighted by molar-refractivity contribution is -0.389. The van der Waals surface area contributed by atoms with Crippen molar-refractivity contribution in [3.8, 4) is 5.75 Å². The van der Waals surface area contributed by atoms with Crippen molar-refractivity contribution in [2.45, 2.75) is 6.54 Å². The first-order valence-corrected chi connectivity index (χ1v) is 5.45. The van der Waals surface area contributed by atoms with Gasteiger partial charge in [-0.1, -0.05) is 12.1 Å². The highest BCUT2D eigenvalue weighted by Gasteiger charge is 2.14. The highest BCUT2D eigenvalue weighted by atomic mass is 16.6. The third kappa shape index (κ3) is 2.95. The summed E-state index contributed by atoms with van der Waals surface area (Å²) in [6.45, 7) is -0.0546. The van der Waals surface area contributed by atoms with E-state index in [1.807, 2.05) is 0 Å². The van der Waals surface area contributed by atoms with Crippen molar-refractivity contribution >= 4 is 11.6 Å². The Morgan fingerprint density at radius 3 is 2.89 bits per heavy atom. The number of methoxy groups -OCH3 is 1. The van der Waals surface area contributed by atoms with Crippen LogP contribution in [0.5, 0.6) is 5.75 Å². The second-order valence-corrected chi connectivity index (χ2v) is 3.78. The molecule has 0 saturated heterocycles. The quantitative estimate of drug-likeness (QED) is 0.464. The summed E-state index contributed by atoms with van der Waals surface area (Å²) in [6, 6.07) is 7.95. The van der Waals surface area contributed by atoms with Crippen LogP contribution in [-0.4, -0.2) is 27.6 Å². The lowest BCUT2D eigenvalue weighted by Crippen LogP contribution is -2.11. The maximum atomic E-state index is 12.0. The molecule has 0 atom stereocenters. The minimum atomic E-state index is -0.605. The molecule has 7 nitrogen and oxygen atoms in total. The van der Waals surface area contributed by atoms with E-state index in [2.05, 4.69) is 5.10 Å². The minimum Gasteiger partial charge on any atom is -0.497 e. The molecule has 0 aliphatic heterocycles. The van der Waals surface area contributed by atoms with Gasteiger partial charge in [-0.3, -0.25) is 4.79 Å². The average Bonchev–Trinajstić information content (AvgIpc) is 2.87. The van der Waals surface area contributed by atoms with Gasteiger partial charge in [0.2, 0.25) is 0 Å². The van der Waals surface area contributed by atoms with E-state index in [1.165, 1.54) is 24.1 Å². The summed E-state index contributed by atoms with van der Waals surface area (Å²) >= 11 is 0. The molecule has 0 bridgehead atoms. The lowest BCUT2D eigenvalue weighted by atomic mass is 10.1. The number of ketones is 1. The Bertz CT molecular complexity index is 621. The predicted octanol–water partition coefficient (Wildman–Crippen LogP) is 1.68. The summed E-state index contributed by atoms with van der Waals surface area (Å²) in [5, 5.41) is 14.2. The number of ether oxygens (including phenoxy) is 1. The van der Waals surface area contributed by atoms with Crippen LogP contribution in [0.2, 0.25) is 0 Å². The number of nitro groups is 1. The van der Waals surface area contributed by atoms with Crippen LogP contribution in [0.25, 0.3) is 0 Å². The molecule has 0 N–H and O–H groups in total. The molecule has 2 rings (SSSR count). The Morgan fingerprint density at radius 2 is 2.26 bits per heavy atom. The van der Waals surface area contributed by atoms with Gasteiger partial charge in [-0.25, -0.2) is 0 Å². The second kappa shape index (κ2) is 5.30. The predicted molar refractivity (Wildman–Crippen MR) is 66.2 cm³/mol. The van der Waals surface area contributed by atoms with Crippen LogP contribution in [0.3, 0.4) is 0 Å². The number of hydrogen-bond acceptors (Lipinski definition) is 5. The summed E-state index contributed by atoms with van der Waals surface area (Å²) in [4.78, 5) is 21.9. The standard InChI is InChI=1S/C12H11N3O4/c1-19-10-4-2-3-9(7-10)11(16)8-14-6-5-12(13-14)15(17)18/h2-7H,8H2,1H3. The molecular weight excluding hydrogens is 250 g/mol. The van der Waals surface area contributed by atoms with Crippen LogP contribution in [-0.2, 0) is 6.54 Å². The summed E-state index contributed by atoms with van der Waals surface area (Å²) in [7, 11) is 1.51. The molecule has 98 valence electrons. The number of hydrogen-bond donors (Lipinski definition) is 0. The van der Waals surface area contributed by atoms with Crippen LogP contribution < -0.4 is 4.74 Å². The Morgan fingerprint density at radius 1 is 1.47 bits per heavy atom. The molecule has 0 amide bonds. The van der Waals surface area contributed by atoms with Crippen molar-refractivity contribution in [3.63, 3.8) is 0 Å². The third-order valence-electron chi connectivity index (χ3n) is 2.51. The zero-order valence-corrected chi connectivity index (χ0v) is 10.1. The molecule has 1 aromatic carbocycles. The smallest absolute Gasteiger partial charge is 0.389 e. The fourth-order valence-electron chi connectivity index (χ4n) is 1.57. The molecule has 0 unspecified atom stereocenters. The molecule has 1 aromatic heterocycles. The summed E-state index contributed by atoms with van der Waals surface area (Å²) < 4.78 is 6.26. The zero-order chi connectivity index (χ0) is 13.8. The first-order chi connectivity index (χ1) is 9.10. The molecule has 0 aliphatic carbocycles. The summed E-state index contributed by atoms with van der Waals surface area (Å²) in [6.07, 6.45) is 1.40. The topological polar surface area (TPSA) is 87.3 Å². The molecule has 7 heteroatoms. The SMILES string of the molecule is COc1cccc(C(=O)Cn2ccc([N+](=O)[O-])n2)c1. The van der Waals surface area contributed by atoms with E-state index >= 15 is 0 Å². The van der Waals surface area contributed by atoms with Gasteiger partial charge in [-0.15, -0.1) is 0 Å². The fraction of sp³-hybridized carbons (Fsp3) is 0.167. The van der Waals surface area contributed by atoms with Gasteiger partial charge in [-0.2, -0.15) is 4.68 Å². The molecule has 0 saturated carbocycles. The number of nitrogens with zero attached hydrogens (tertiary/aromatic N) is 3. The molecule has 19 heavy (non-hydrogen) atoms. The van der Waals surface area contributed by atoms with Crippen LogP contribution in [0.1, 0.15) is 10.4 Å². The van der Waals surface area contributed by atoms with Crippen LogP contribution in [0.4, 0.5) is 5.82 Å². The van der Waals surface area contributed by atoms with Crippen molar-refractivity contribution in [3.05, 3.63) is 52.2 Å². The molecule has 0 spiro atoms. The van der Waals surface area contributed by atoms with E-state index in [4.69, 9.17) is 4.74 Å². The Hall–Kier alpha value is -2.70. The molecule has 0 aliphatic rings. The Balaban J connectivity index is 2.13. The van der Waals surface area contributed by atoms with E-state index in [0.29, 0.717) is 11.3 Å². The summed E-state index contributed by atoms with van der Waals surface area (Å²) in [5.74, 6) is 0.104. The van der Waals surface area contributed by atoms with Crippen molar-refractivity contribution < 1.29 is 14.5 Å².